The third-order valence-electron chi connectivity index (χ3n) is 5.39. The fraction of sp³-hybridized carbons (Fsp3) is 0.217. The molecule has 6 nitrogen and oxygen atoms in total. The van der Waals surface area contributed by atoms with E-state index in [1.165, 1.54) is 0 Å². The summed E-state index contributed by atoms with van der Waals surface area (Å²) in [7, 11) is 3.13. The van der Waals surface area contributed by atoms with Gasteiger partial charge in [-0.2, -0.15) is 0 Å². The van der Waals surface area contributed by atoms with E-state index in [1.54, 1.807) is 26.4 Å². The van der Waals surface area contributed by atoms with E-state index in [9.17, 15) is 9.59 Å². The molecule has 0 saturated carbocycles. The number of methoxy groups -OCH3 is 2. The molecule has 4 rings (SSSR count). The number of aromatic nitrogens is 2. The maximum atomic E-state index is 13.2. The lowest BCUT2D eigenvalue weighted by Crippen LogP contribution is -2.20. The highest BCUT2D eigenvalue weighted by atomic mass is 16.5. The number of aryl methyl sites for hydroxylation is 2. The maximum absolute atomic E-state index is 13.2. The second-order valence-electron chi connectivity index (χ2n) is 7.12. The van der Waals surface area contributed by atoms with Crippen molar-refractivity contribution in [3.05, 3.63) is 79.4 Å². The third-order valence-corrected chi connectivity index (χ3v) is 5.39. The van der Waals surface area contributed by atoms with E-state index in [1.807, 2.05) is 38.1 Å². The van der Waals surface area contributed by atoms with Gasteiger partial charge in [-0.05, 0) is 50.2 Å². The van der Waals surface area contributed by atoms with Gasteiger partial charge in [-0.15, -0.1) is 0 Å². The normalized spacial score (nSPS) is 11.2. The van der Waals surface area contributed by atoms with Crippen LogP contribution in [-0.2, 0) is 6.42 Å². The molecule has 2 heterocycles. The average molecular weight is 390 g/mol. The Balaban J connectivity index is 1.91. The van der Waals surface area contributed by atoms with Crippen molar-refractivity contribution >= 4 is 21.8 Å². The highest BCUT2D eigenvalue weighted by molar-refractivity contribution is 5.82. The zero-order chi connectivity index (χ0) is 20.7. The topological polar surface area (TPSA) is 84.2 Å². The van der Waals surface area contributed by atoms with Crippen molar-refractivity contribution in [2.45, 2.75) is 20.3 Å². The van der Waals surface area contributed by atoms with Gasteiger partial charge < -0.3 is 19.4 Å². The van der Waals surface area contributed by atoms with Crippen LogP contribution < -0.4 is 20.3 Å². The van der Waals surface area contributed by atoms with Crippen molar-refractivity contribution < 1.29 is 9.47 Å². The second-order valence-corrected chi connectivity index (χ2v) is 7.12. The minimum Gasteiger partial charge on any atom is -0.497 e. The molecule has 29 heavy (non-hydrogen) atoms. The summed E-state index contributed by atoms with van der Waals surface area (Å²) in [5, 5.41) is 1.09. The fourth-order valence-corrected chi connectivity index (χ4v) is 3.72. The monoisotopic (exact) mass is 390 g/mol. The van der Waals surface area contributed by atoms with Gasteiger partial charge in [-0.1, -0.05) is 0 Å². The zero-order valence-electron chi connectivity index (χ0n) is 16.8. The van der Waals surface area contributed by atoms with Crippen LogP contribution in [0.2, 0.25) is 0 Å². The molecular weight excluding hydrogens is 368 g/mol. The number of hydrogen-bond acceptors (Lipinski definition) is 4. The lowest BCUT2D eigenvalue weighted by atomic mass is 9.98. The lowest BCUT2D eigenvalue weighted by molar-refractivity contribution is 0.415. The van der Waals surface area contributed by atoms with Crippen LogP contribution in [0.1, 0.15) is 22.5 Å². The van der Waals surface area contributed by atoms with Gasteiger partial charge in [-0.25, -0.2) is 0 Å². The van der Waals surface area contributed by atoms with E-state index in [0.717, 1.165) is 22.4 Å². The molecule has 0 bridgehead atoms. The van der Waals surface area contributed by atoms with E-state index in [0.29, 0.717) is 33.4 Å². The maximum Gasteiger partial charge on any atom is 0.193 e. The predicted molar refractivity (Wildman–Crippen MR) is 115 cm³/mol. The van der Waals surface area contributed by atoms with Gasteiger partial charge in [0.1, 0.15) is 11.5 Å². The van der Waals surface area contributed by atoms with Gasteiger partial charge in [-0.3, -0.25) is 9.59 Å². The highest BCUT2D eigenvalue weighted by Gasteiger charge is 2.16. The first-order chi connectivity index (χ1) is 13.9. The summed E-state index contributed by atoms with van der Waals surface area (Å²) >= 11 is 0. The second kappa shape index (κ2) is 7.13. The number of aromatic amines is 2. The molecule has 0 saturated heterocycles. The quantitative estimate of drug-likeness (QED) is 0.558. The Morgan fingerprint density at radius 1 is 0.724 bits per heavy atom. The first-order valence-corrected chi connectivity index (χ1v) is 9.32. The minimum atomic E-state index is -0.0975. The van der Waals surface area contributed by atoms with E-state index < -0.39 is 0 Å². The van der Waals surface area contributed by atoms with Crippen LogP contribution in [0.5, 0.6) is 11.5 Å². The van der Waals surface area contributed by atoms with E-state index in [2.05, 4.69) is 9.97 Å². The molecule has 2 N–H and O–H groups in total. The molecule has 4 aromatic rings. The number of rotatable bonds is 4. The van der Waals surface area contributed by atoms with Gasteiger partial charge in [0.15, 0.2) is 10.9 Å². The zero-order valence-corrected chi connectivity index (χ0v) is 16.8. The first kappa shape index (κ1) is 18.8. The van der Waals surface area contributed by atoms with E-state index in [-0.39, 0.29) is 17.3 Å². The highest BCUT2D eigenvalue weighted by Crippen LogP contribution is 2.22. The number of ether oxygens (including phenoxy) is 2. The van der Waals surface area contributed by atoms with Crippen molar-refractivity contribution in [1.82, 2.24) is 9.97 Å². The van der Waals surface area contributed by atoms with Crippen molar-refractivity contribution in [2.24, 2.45) is 0 Å². The van der Waals surface area contributed by atoms with Gasteiger partial charge in [0, 0.05) is 50.7 Å². The van der Waals surface area contributed by atoms with Crippen LogP contribution in [0.15, 0.2) is 46.0 Å². The summed E-state index contributed by atoms with van der Waals surface area (Å²) in [4.78, 5) is 33.0. The number of hydrogen-bond donors (Lipinski definition) is 2. The van der Waals surface area contributed by atoms with Crippen LogP contribution in [-0.4, -0.2) is 24.2 Å². The molecule has 0 aliphatic heterocycles. The molecule has 0 atom stereocenters. The lowest BCUT2D eigenvalue weighted by Gasteiger charge is -2.12. The summed E-state index contributed by atoms with van der Waals surface area (Å²) in [5.74, 6) is 1.23. The summed E-state index contributed by atoms with van der Waals surface area (Å²) in [6, 6.07) is 10.7. The van der Waals surface area contributed by atoms with Gasteiger partial charge in [0.25, 0.3) is 0 Å². The smallest absolute Gasteiger partial charge is 0.193 e. The standard InChI is InChI=1S/C23H22N2O4/c1-12-16(22(26)18-9-14(28-3)5-7-20(18)24-12)11-17-13(2)25-21-8-6-15(29-4)10-19(21)23(17)27/h5-10H,11H2,1-4H3,(H,24,26)(H,25,27). The third kappa shape index (κ3) is 3.16. The largest absolute Gasteiger partial charge is 0.497 e. The van der Waals surface area contributed by atoms with Crippen LogP contribution in [0.4, 0.5) is 0 Å². The van der Waals surface area contributed by atoms with E-state index >= 15 is 0 Å². The van der Waals surface area contributed by atoms with Crippen molar-refractivity contribution in [3.8, 4) is 11.5 Å². The molecule has 0 radical (unpaired) electrons. The van der Waals surface area contributed by atoms with Gasteiger partial charge in [0.2, 0.25) is 0 Å². The molecule has 0 spiro atoms. The number of benzene rings is 2. The van der Waals surface area contributed by atoms with Crippen LogP contribution in [0.25, 0.3) is 21.8 Å². The molecule has 6 heteroatoms. The van der Waals surface area contributed by atoms with Crippen molar-refractivity contribution in [2.75, 3.05) is 14.2 Å². The van der Waals surface area contributed by atoms with E-state index in [4.69, 9.17) is 9.47 Å². The number of H-pyrrole nitrogens is 2. The predicted octanol–water partition coefficient (Wildman–Crippen LogP) is 3.59. The molecule has 0 amide bonds. The Kier molecular flexibility index (Phi) is 4.62. The Bertz CT molecular complexity index is 1260. The first-order valence-electron chi connectivity index (χ1n) is 9.32. The van der Waals surface area contributed by atoms with Crippen LogP contribution >= 0.6 is 0 Å². The fourth-order valence-electron chi connectivity index (χ4n) is 3.72. The van der Waals surface area contributed by atoms with Gasteiger partial charge >= 0.3 is 0 Å². The van der Waals surface area contributed by atoms with Crippen molar-refractivity contribution in [3.63, 3.8) is 0 Å². The number of fused-ring (bicyclic) bond motifs is 2. The SMILES string of the molecule is COc1ccc2[nH]c(C)c(Cc3c(C)[nH]c4ccc(OC)cc4c3=O)c(=O)c2c1. The molecular formula is C23H22N2O4. The summed E-state index contributed by atoms with van der Waals surface area (Å²) in [6.07, 6.45) is 0.239. The molecule has 0 fully saturated rings. The Hall–Kier alpha value is -3.54. The van der Waals surface area contributed by atoms with Gasteiger partial charge in [0.05, 0.1) is 14.2 Å². The summed E-state index contributed by atoms with van der Waals surface area (Å²) in [6.45, 7) is 3.71. The molecule has 0 unspecified atom stereocenters. The van der Waals surface area contributed by atoms with Crippen LogP contribution in [0.3, 0.4) is 0 Å². The Labute approximate surface area is 167 Å². The molecule has 148 valence electrons. The Morgan fingerprint density at radius 3 is 1.52 bits per heavy atom. The van der Waals surface area contributed by atoms with Crippen LogP contribution in [0, 0.1) is 13.8 Å². The minimum absolute atomic E-state index is 0.0975. The summed E-state index contributed by atoms with van der Waals surface area (Å²) in [5.41, 5.74) is 3.92. The molecule has 2 aromatic heterocycles. The molecule has 2 aromatic carbocycles. The summed E-state index contributed by atoms with van der Waals surface area (Å²) < 4.78 is 10.5. The number of pyridine rings is 2. The average Bonchev–Trinajstić information content (AvgIpc) is 2.72. The molecule has 0 aliphatic rings. The molecule has 0 aliphatic carbocycles. The number of nitrogens with one attached hydrogen (secondary N) is 2. The Morgan fingerprint density at radius 2 is 1.14 bits per heavy atom. The van der Waals surface area contributed by atoms with Crippen molar-refractivity contribution in [1.29, 1.82) is 0 Å².